The Kier molecular flexibility index (Phi) is 5.41. The average molecular weight is 473 g/mol. The van der Waals surface area contributed by atoms with E-state index in [4.69, 9.17) is 4.99 Å². The van der Waals surface area contributed by atoms with Crippen LogP contribution in [-0.4, -0.2) is 52.0 Å². The zero-order valence-corrected chi connectivity index (χ0v) is 19.2. The summed E-state index contributed by atoms with van der Waals surface area (Å²) in [5.41, 5.74) is 1.93. The Labute approximate surface area is 196 Å². The van der Waals surface area contributed by atoms with Gasteiger partial charge in [-0.2, -0.15) is 13.2 Å². The molecule has 7 nitrogen and oxygen atoms in total. The molecule has 2 aromatic rings. The van der Waals surface area contributed by atoms with Crippen molar-refractivity contribution in [3.63, 3.8) is 0 Å². The fourth-order valence-corrected chi connectivity index (χ4v) is 4.89. The first-order valence-corrected chi connectivity index (χ1v) is 11.4. The van der Waals surface area contributed by atoms with E-state index < -0.39 is 11.9 Å². The molecule has 180 valence electrons. The Morgan fingerprint density at radius 3 is 2.62 bits per heavy atom. The van der Waals surface area contributed by atoms with Crippen LogP contribution in [0.4, 0.5) is 24.7 Å². The van der Waals surface area contributed by atoms with E-state index in [0.29, 0.717) is 29.4 Å². The third kappa shape index (κ3) is 3.84. The van der Waals surface area contributed by atoms with Gasteiger partial charge in [0.05, 0.1) is 24.8 Å². The van der Waals surface area contributed by atoms with E-state index in [9.17, 15) is 18.0 Å². The summed E-state index contributed by atoms with van der Waals surface area (Å²) >= 11 is 0. The number of aromatic nitrogens is 2. The number of alkyl halides is 3. The SMILES string of the molecule is C=C(C)C1CN2C(=N1)N(C)C(=O)c1c2cn(Cc2ccc(C(F)(F)F)nc2)c1NC1CCCC1. The molecule has 1 unspecified atom stereocenters. The molecule has 10 heteroatoms. The number of nitrogens with one attached hydrogen (secondary N) is 1. The third-order valence-corrected chi connectivity index (χ3v) is 6.77. The maximum absolute atomic E-state index is 13.5. The van der Waals surface area contributed by atoms with Crippen molar-refractivity contribution in [1.29, 1.82) is 0 Å². The van der Waals surface area contributed by atoms with Gasteiger partial charge < -0.3 is 14.8 Å². The molecule has 34 heavy (non-hydrogen) atoms. The van der Waals surface area contributed by atoms with Crippen LogP contribution in [0.5, 0.6) is 0 Å². The molecule has 0 radical (unpaired) electrons. The molecule has 0 bridgehead atoms. The first kappa shape index (κ1) is 22.5. The summed E-state index contributed by atoms with van der Waals surface area (Å²) in [4.78, 5) is 25.3. The zero-order chi connectivity index (χ0) is 24.2. The minimum absolute atomic E-state index is 0.107. The van der Waals surface area contributed by atoms with Crippen molar-refractivity contribution in [2.45, 2.75) is 57.4 Å². The predicted molar refractivity (Wildman–Crippen MR) is 124 cm³/mol. The number of halogens is 3. The van der Waals surface area contributed by atoms with Gasteiger partial charge in [-0.25, -0.2) is 4.99 Å². The Morgan fingerprint density at radius 1 is 1.26 bits per heavy atom. The van der Waals surface area contributed by atoms with Crippen LogP contribution in [0.1, 0.15) is 54.2 Å². The average Bonchev–Trinajstić information content (AvgIpc) is 3.52. The lowest BCUT2D eigenvalue weighted by molar-refractivity contribution is -0.141. The second-order valence-electron chi connectivity index (χ2n) is 9.31. The quantitative estimate of drug-likeness (QED) is 0.651. The van der Waals surface area contributed by atoms with Gasteiger partial charge in [0, 0.05) is 25.5 Å². The molecule has 0 saturated heterocycles. The van der Waals surface area contributed by atoms with E-state index >= 15 is 0 Å². The summed E-state index contributed by atoms with van der Waals surface area (Å²) in [6.07, 6.45) is 2.93. The highest BCUT2D eigenvalue weighted by atomic mass is 19.4. The number of guanidine groups is 1. The summed E-state index contributed by atoms with van der Waals surface area (Å²) in [6, 6.07) is 2.56. The van der Waals surface area contributed by atoms with Crippen LogP contribution >= 0.6 is 0 Å². The molecule has 1 aliphatic carbocycles. The number of aliphatic imine (C=N–C) groups is 1. The van der Waals surface area contributed by atoms with E-state index in [2.05, 4.69) is 16.9 Å². The number of nitrogens with zero attached hydrogens (tertiary/aromatic N) is 5. The number of hydrogen-bond donors (Lipinski definition) is 1. The van der Waals surface area contributed by atoms with E-state index in [-0.39, 0.29) is 24.5 Å². The second-order valence-corrected chi connectivity index (χ2v) is 9.31. The molecule has 0 aromatic carbocycles. The lowest BCUT2D eigenvalue weighted by Gasteiger charge is -2.32. The maximum Gasteiger partial charge on any atom is 0.433 e. The van der Waals surface area contributed by atoms with Crippen molar-refractivity contribution in [3.8, 4) is 0 Å². The van der Waals surface area contributed by atoms with Crippen molar-refractivity contribution in [1.82, 2.24) is 14.5 Å². The first-order chi connectivity index (χ1) is 16.1. The Morgan fingerprint density at radius 2 is 2.00 bits per heavy atom. The Balaban J connectivity index is 1.55. The van der Waals surface area contributed by atoms with Crippen LogP contribution in [0.25, 0.3) is 0 Å². The van der Waals surface area contributed by atoms with E-state index in [0.717, 1.165) is 43.0 Å². The lowest BCUT2D eigenvalue weighted by atomic mass is 10.1. The van der Waals surface area contributed by atoms with Crippen molar-refractivity contribution >= 4 is 23.4 Å². The van der Waals surface area contributed by atoms with Gasteiger partial charge in [0.25, 0.3) is 5.91 Å². The Bertz CT molecular complexity index is 1160. The lowest BCUT2D eigenvalue weighted by Crippen LogP contribution is -2.48. The number of pyridine rings is 1. The molecular formula is C24H27F3N6O. The summed E-state index contributed by atoms with van der Waals surface area (Å²) in [7, 11) is 1.72. The number of anilines is 2. The number of hydrogen-bond acceptors (Lipinski definition) is 5. The molecule has 3 aliphatic rings. The predicted octanol–water partition coefficient (Wildman–Crippen LogP) is 4.51. The van der Waals surface area contributed by atoms with Crippen LogP contribution in [0.15, 0.2) is 41.7 Å². The van der Waals surface area contributed by atoms with Gasteiger partial charge in [0.1, 0.15) is 17.1 Å². The molecule has 1 atom stereocenters. The standard InChI is InChI=1S/C24H27F3N6O/c1-14(2)17-12-33-18-13-32(11-15-8-9-19(28-10-15)24(25,26)27)21(29-16-6-4-5-7-16)20(18)22(34)31(3)23(33)30-17/h8-10,13,16-17,29H,1,4-7,11-12H2,2-3H3. The minimum Gasteiger partial charge on any atom is -0.368 e. The molecule has 1 N–H and O–H groups in total. The summed E-state index contributed by atoms with van der Waals surface area (Å²) in [5.74, 6) is 1.12. The van der Waals surface area contributed by atoms with E-state index in [1.165, 1.54) is 12.3 Å². The van der Waals surface area contributed by atoms with Gasteiger partial charge in [-0.15, -0.1) is 0 Å². The molecular weight excluding hydrogens is 445 g/mol. The highest BCUT2D eigenvalue weighted by Gasteiger charge is 2.42. The van der Waals surface area contributed by atoms with E-state index in [1.807, 2.05) is 22.6 Å². The van der Waals surface area contributed by atoms with Crippen LogP contribution < -0.4 is 10.2 Å². The highest BCUT2D eigenvalue weighted by Crippen LogP contribution is 2.40. The van der Waals surface area contributed by atoms with Crippen LogP contribution in [0, 0.1) is 0 Å². The van der Waals surface area contributed by atoms with Gasteiger partial charge >= 0.3 is 6.18 Å². The fraction of sp³-hybridized carbons (Fsp3) is 0.458. The molecule has 2 aliphatic heterocycles. The molecule has 1 fully saturated rings. The van der Waals surface area contributed by atoms with Gasteiger partial charge in [0.15, 0.2) is 0 Å². The van der Waals surface area contributed by atoms with Crippen molar-refractivity contribution < 1.29 is 18.0 Å². The minimum atomic E-state index is -4.48. The second kappa shape index (κ2) is 8.18. The fourth-order valence-electron chi connectivity index (χ4n) is 4.89. The number of rotatable bonds is 5. The topological polar surface area (TPSA) is 65.8 Å². The van der Waals surface area contributed by atoms with Gasteiger partial charge in [0.2, 0.25) is 5.96 Å². The monoisotopic (exact) mass is 472 g/mol. The van der Waals surface area contributed by atoms with Crippen LogP contribution in [-0.2, 0) is 12.7 Å². The van der Waals surface area contributed by atoms with Gasteiger partial charge in [-0.05, 0) is 31.4 Å². The highest BCUT2D eigenvalue weighted by molar-refractivity contribution is 6.21. The number of amides is 1. The van der Waals surface area contributed by atoms with Crippen LogP contribution in [0.2, 0.25) is 0 Å². The molecule has 0 spiro atoms. The smallest absolute Gasteiger partial charge is 0.368 e. The largest absolute Gasteiger partial charge is 0.433 e. The third-order valence-electron chi connectivity index (χ3n) is 6.77. The number of fused-ring (bicyclic) bond motifs is 3. The zero-order valence-electron chi connectivity index (χ0n) is 19.2. The summed E-state index contributed by atoms with van der Waals surface area (Å²) in [5, 5.41) is 3.57. The molecule has 1 saturated carbocycles. The Hall–Kier alpha value is -3.30. The van der Waals surface area contributed by atoms with Crippen molar-refractivity contribution in [3.05, 3.63) is 53.5 Å². The van der Waals surface area contributed by atoms with Crippen LogP contribution in [0.3, 0.4) is 0 Å². The van der Waals surface area contributed by atoms with Crippen molar-refractivity contribution in [2.24, 2.45) is 4.99 Å². The van der Waals surface area contributed by atoms with Gasteiger partial charge in [-0.3, -0.25) is 14.7 Å². The molecule has 4 heterocycles. The molecule has 1 amide bonds. The molecule has 2 aromatic heterocycles. The van der Waals surface area contributed by atoms with Gasteiger partial charge in [-0.1, -0.05) is 31.1 Å². The number of carbonyl (C=O) groups is 1. The van der Waals surface area contributed by atoms with E-state index in [1.54, 1.807) is 11.9 Å². The van der Waals surface area contributed by atoms with Crippen molar-refractivity contribution in [2.75, 3.05) is 23.8 Å². The summed E-state index contributed by atoms with van der Waals surface area (Å²) in [6.45, 7) is 6.82. The maximum atomic E-state index is 13.5. The normalized spacial score (nSPS) is 20.4. The molecule has 5 rings (SSSR count). The first-order valence-electron chi connectivity index (χ1n) is 11.4. The summed E-state index contributed by atoms with van der Waals surface area (Å²) < 4.78 is 40.7. The number of carbonyl (C=O) groups excluding carboxylic acids is 1.